The van der Waals surface area contributed by atoms with Crippen LogP contribution in [0.3, 0.4) is 0 Å². The molecule has 2 aromatic heterocycles. The maximum atomic E-state index is 13.6. The van der Waals surface area contributed by atoms with Crippen molar-refractivity contribution in [2.45, 2.75) is 32.4 Å². The molecule has 2 heterocycles. The number of hydrogen-bond donors (Lipinski definition) is 0. The van der Waals surface area contributed by atoms with Crippen LogP contribution in [0.4, 0.5) is 17.6 Å². The summed E-state index contributed by atoms with van der Waals surface area (Å²) < 4.78 is 54.1. The van der Waals surface area contributed by atoms with Gasteiger partial charge >= 0.3 is 6.18 Å². The second-order valence-corrected chi connectivity index (χ2v) is 8.85. The Labute approximate surface area is 190 Å². The largest absolute Gasteiger partial charge is 0.416 e. The lowest BCUT2D eigenvalue weighted by Gasteiger charge is -2.22. The van der Waals surface area contributed by atoms with Crippen LogP contribution in [-0.2, 0) is 11.6 Å². The van der Waals surface area contributed by atoms with E-state index in [-0.39, 0.29) is 5.41 Å². The molecule has 0 saturated heterocycles. The standard InChI is InChI=1S/C27H22F4N2/c1-26(2,3)17-7-10-20(22(14-17)25-12-9-19(28)16-33-25)21-11-8-18(27(29,30)31)15-23(21)24-6-4-5-13-32-24/h4-16H,1-3H3. The summed E-state index contributed by atoms with van der Waals surface area (Å²) in [4.78, 5) is 8.54. The Kier molecular flexibility index (Phi) is 5.78. The highest BCUT2D eigenvalue weighted by molar-refractivity contribution is 5.90. The van der Waals surface area contributed by atoms with Crippen molar-refractivity contribution in [1.82, 2.24) is 9.97 Å². The fourth-order valence-corrected chi connectivity index (χ4v) is 3.68. The van der Waals surface area contributed by atoms with E-state index in [4.69, 9.17) is 0 Å². The van der Waals surface area contributed by atoms with E-state index in [0.29, 0.717) is 33.6 Å². The first-order chi connectivity index (χ1) is 15.5. The molecule has 0 saturated carbocycles. The molecule has 0 N–H and O–H groups in total. The minimum Gasteiger partial charge on any atom is -0.256 e. The van der Waals surface area contributed by atoms with Crippen molar-refractivity contribution in [2.24, 2.45) is 0 Å². The van der Waals surface area contributed by atoms with Gasteiger partial charge in [0.25, 0.3) is 0 Å². The van der Waals surface area contributed by atoms with Crippen LogP contribution in [0, 0.1) is 5.82 Å². The number of pyridine rings is 2. The molecule has 33 heavy (non-hydrogen) atoms. The monoisotopic (exact) mass is 450 g/mol. The highest BCUT2D eigenvalue weighted by Crippen LogP contribution is 2.41. The average molecular weight is 450 g/mol. The third kappa shape index (κ3) is 4.80. The highest BCUT2D eigenvalue weighted by Gasteiger charge is 2.31. The summed E-state index contributed by atoms with van der Waals surface area (Å²) >= 11 is 0. The van der Waals surface area contributed by atoms with E-state index in [1.807, 2.05) is 18.2 Å². The lowest BCUT2D eigenvalue weighted by atomic mass is 9.83. The highest BCUT2D eigenvalue weighted by atomic mass is 19.4. The number of nitrogens with zero attached hydrogens (tertiary/aromatic N) is 2. The van der Waals surface area contributed by atoms with Crippen molar-refractivity contribution in [3.63, 3.8) is 0 Å². The maximum absolute atomic E-state index is 13.6. The Hall–Kier alpha value is -3.54. The Morgan fingerprint density at radius 2 is 1.24 bits per heavy atom. The van der Waals surface area contributed by atoms with E-state index in [0.717, 1.165) is 23.9 Å². The van der Waals surface area contributed by atoms with Gasteiger partial charge in [0.15, 0.2) is 0 Å². The fourth-order valence-electron chi connectivity index (χ4n) is 3.68. The first kappa shape index (κ1) is 22.6. The minimum absolute atomic E-state index is 0.169. The Balaban J connectivity index is 2.01. The molecule has 0 aliphatic carbocycles. The summed E-state index contributed by atoms with van der Waals surface area (Å²) in [5.74, 6) is -0.462. The normalized spacial score (nSPS) is 12.1. The molecule has 168 valence electrons. The van der Waals surface area contributed by atoms with Gasteiger partial charge in [-0.05, 0) is 64.6 Å². The maximum Gasteiger partial charge on any atom is 0.416 e. The van der Waals surface area contributed by atoms with E-state index in [2.05, 4.69) is 30.7 Å². The van der Waals surface area contributed by atoms with Crippen molar-refractivity contribution in [3.8, 4) is 33.6 Å². The molecule has 2 aromatic carbocycles. The van der Waals surface area contributed by atoms with Gasteiger partial charge in [0.05, 0.1) is 23.1 Å². The molecule has 4 rings (SSSR count). The van der Waals surface area contributed by atoms with E-state index < -0.39 is 17.6 Å². The number of benzene rings is 2. The van der Waals surface area contributed by atoms with Crippen LogP contribution in [0.2, 0.25) is 0 Å². The zero-order valence-electron chi connectivity index (χ0n) is 18.4. The summed E-state index contributed by atoms with van der Waals surface area (Å²) in [7, 11) is 0. The van der Waals surface area contributed by atoms with Gasteiger partial charge in [0.2, 0.25) is 0 Å². The third-order valence-corrected chi connectivity index (χ3v) is 5.47. The SMILES string of the molecule is CC(C)(C)c1ccc(-c2ccc(C(F)(F)F)cc2-c2ccccn2)c(-c2ccc(F)cn2)c1. The van der Waals surface area contributed by atoms with Crippen molar-refractivity contribution in [3.05, 3.63) is 96.1 Å². The van der Waals surface area contributed by atoms with Gasteiger partial charge < -0.3 is 0 Å². The topological polar surface area (TPSA) is 25.8 Å². The number of halogens is 4. The molecule has 0 atom stereocenters. The van der Waals surface area contributed by atoms with Crippen LogP contribution in [0.5, 0.6) is 0 Å². The van der Waals surface area contributed by atoms with Gasteiger partial charge in [-0.25, -0.2) is 4.39 Å². The lowest BCUT2D eigenvalue weighted by molar-refractivity contribution is -0.137. The second-order valence-electron chi connectivity index (χ2n) is 8.85. The van der Waals surface area contributed by atoms with Crippen LogP contribution >= 0.6 is 0 Å². The quantitative estimate of drug-likeness (QED) is 0.296. The molecular weight excluding hydrogens is 428 g/mol. The smallest absolute Gasteiger partial charge is 0.256 e. The molecule has 6 heteroatoms. The Morgan fingerprint density at radius 1 is 0.636 bits per heavy atom. The predicted octanol–water partition coefficient (Wildman–Crippen LogP) is 7.93. The first-order valence-corrected chi connectivity index (χ1v) is 10.4. The van der Waals surface area contributed by atoms with Gasteiger partial charge in [-0.2, -0.15) is 13.2 Å². The van der Waals surface area contributed by atoms with Crippen LogP contribution in [0.15, 0.2) is 79.1 Å². The van der Waals surface area contributed by atoms with Crippen molar-refractivity contribution >= 4 is 0 Å². The Morgan fingerprint density at radius 3 is 1.76 bits per heavy atom. The average Bonchev–Trinajstić information content (AvgIpc) is 2.78. The predicted molar refractivity (Wildman–Crippen MR) is 122 cm³/mol. The molecular formula is C27H22F4N2. The van der Waals surface area contributed by atoms with Crippen LogP contribution < -0.4 is 0 Å². The van der Waals surface area contributed by atoms with Gasteiger partial charge in [-0.1, -0.05) is 45.0 Å². The van der Waals surface area contributed by atoms with Gasteiger partial charge in [0, 0.05) is 17.3 Å². The molecule has 0 spiro atoms. The van der Waals surface area contributed by atoms with E-state index >= 15 is 0 Å². The number of hydrogen-bond acceptors (Lipinski definition) is 2. The van der Waals surface area contributed by atoms with Gasteiger partial charge in [-0.15, -0.1) is 0 Å². The molecule has 0 bridgehead atoms. The lowest BCUT2D eigenvalue weighted by Crippen LogP contribution is -2.11. The van der Waals surface area contributed by atoms with E-state index in [9.17, 15) is 17.6 Å². The van der Waals surface area contributed by atoms with E-state index in [1.165, 1.54) is 12.1 Å². The third-order valence-electron chi connectivity index (χ3n) is 5.47. The molecule has 2 nitrogen and oxygen atoms in total. The zero-order valence-corrected chi connectivity index (χ0v) is 18.4. The molecule has 4 aromatic rings. The fraction of sp³-hybridized carbons (Fsp3) is 0.185. The second kappa shape index (κ2) is 8.43. The van der Waals surface area contributed by atoms with E-state index in [1.54, 1.807) is 30.5 Å². The summed E-state index contributed by atoms with van der Waals surface area (Å²) in [5.41, 5.74) is 3.41. The Bertz CT molecular complexity index is 1270. The van der Waals surface area contributed by atoms with Crippen molar-refractivity contribution in [1.29, 1.82) is 0 Å². The first-order valence-electron chi connectivity index (χ1n) is 10.4. The molecule has 0 unspecified atom stereocenters. The summed E-state index contributed by atoms with van der Waals surface area (Å²) in [6.45, 7) is 6.21. The summed E-state index contributed by atoms with van der Waals surface area (Å²) in [6.07, 6.45) is -1.81. The molecule has 0 fully saturated rings. The number of rotatable bonds is 3. The van der Waals surface area contributed by atoms with Crippen LogP contribution in [0.1, 0.15) is 31.9 Å². The van der Waals surface area contributed by atoms with Gasteiger partial charge in [0.1, 0.15) is 5.82 Å². The summed E-state index contributed by atoms with van der Waals surface area (Å²) in [6, 6.07) is 17.5. The van der Waals surface area contributed by atoms with Crippen molar-refractivity contribution < 1.29 is 17.6 Å². The molecule has 0 amide bonds. The zero-order chi connectivity index (χ0) is 23.8. The summed E-state index contributed by atoms with van der Waals surface area (Å²) in [5, 5.41) is 0. The number of aromatic nitrogens is 2. The van der Waals surface area contributed by atoms with Gasteiger partial charge in [-0.3, -0.25) is 9.97 Å². The van der Waals surface area contributed by atoms with Crippen LogP contribution in [-0.4, -0.2) is 9.97 Å². The molecule has 0 radical (unpaired) electrons. The number of alkyl halides is 3. The molecule has 0 aliphatic heterocycles. The van der Waals surface area contributed by atoms with Crippen LogP contribution in [0.25, 0.3) is 33.6 Å². The molecule has 0 aliphatic rings. The minimum atomic E-state index is -4.49. The van der Waals surface area contributed by atoms with Crippen molar-refractivity contribution in [2.75, 3.05) is 0 Å².